The Bertz CT molecular complexity index is 989. The van der Waals surface area contributed by atoms with Crippen molar-refractivity contribution in [2.45, 2.75) is 31.2 Å². The summed E-state index contributed by atoms with van der Waals surface area (Å²) in [7, 11) is 0. The van der Waals surface area contributed by atoms with Crippen LogP contribution in [0.5, 0.6) is 0 Å². The molecule has 31 heavy (non-hydrogen) atoms. The number of anilines is 1. The van der Waals surface area contributed by atoms with Gasteiger partial charge in [0.05, 0.1) is 5.69 Å². The van der Waals surface area contributed by atoms with Crippen LogP contribution in [-0.4, -0.2) is 43.5 Å². The molecule has 1 atom stereocenters. The average molecular weight is 485 g/mol. The molecule has 0 bridgehead atoms. The van der Waals surface area contributed by atoms with Gasteiger partial charge in [0.1, 0.15) is 6.04 Å². The van der Waals surface area contributed by atoms with E-state index in [2.05, 4.69) is 43.8 Å². The van der Waals surface area contributed by atoms with Crippen LogP contribution >= 0.6 is 15.9 Å². The van der Waals surface area contributed by atoms with Gasteiger partial charge in [-0.3, -0.25) is 15.0 Å². The predicted molar refractivity (Wildman–Crippen MR) is 123 cm³/mol. The molecule has 7 nitrogen and oxygen atoms in total. The minimum Gasteiger partial charge on any atom is -0.381 e. The molecule has 0 saturated carbocycles. The number of hydrogen-bond donors (Lipinski definition) is 2. The molecule has 1 saturated heterocycles. The van der Waals surface area contributed by atoms with Gasteiger partial charge in [-0.2, -0.15) is 0 Å². The monoisotopic (exact) mass is 484 g/mol. The van der Waals surface area contributed by atoms with Gasteiger partial charge in [0.15, 0.2) is 0 Å². The molecule has 2 N–H and O–H groups in total. The molecular formula is C23H25BrN4O3. The van der Waals surface area contributed by atoms with Crippen molar-refractivity contribution < 1.29 is 14.3 Å². The number of aliphatic imine (C=N–C) groups is 1. The lowest BCUT2D eigenvalue weighted by atomic mass is 9.74. The number of benzene rings is 2. The Hall–Kier alpha value is -2.71. The summed E-state index contributed by atoms with van der Waals surface area (Å²) in [6.45, 7) is 3.44. The van der Waals surface area contributed by atoms with Gasteiger partial charge in [-0.05, 0) is 49.6 Å². The maximum atomic E-state index is 13.0. The molecule has 0 radical (unpaired) electrons. The highest BCUT2D eigenvalue weighted by Gasteiger charge is 2.36. The van der Waals surface area contributed by atoms with E-state index in [0.717, 1.165) is 17.3 Å². The van der Waals surface area contributed by atoms with Crippen molar-refractivity contribution in [1.29, 1.82) is 0 Å². The standard InChI is InChI=1S/C23H25BrN4O3/c1-16-22(30)28(19-8-3-2-4-9-19)27-20(26-16)21(29)25-15-23(10-12-31-13-11-23)17-6-5-7-18(24)14-17/h2-9,14,16H,10-13,15H2,1H3,(H,25,29)(H,26,27). The number of carbonyl (C=O) groups excluding carboxylic acids is 2. The quantitative estimate of drug-likeness (QED) is 0.683. The topological polar surface area (TPSA) is 83.0 Å². The first-order valence-corrected chi connectivity index (χ1v) is 11.1. The number of ether oxygens (including phenoxy) is 1. The van der Waals surface area contributed by atoms with Gasteiger partial charge in [0, 0.05) is 29.6 Å². The van der Waals surface area contributed by atoms with E-state index in [1.54, 1.807) is 6.92 Å². The number of rotatable bonds is 5. The van der Waals surface area contributed by atoms with Gasteiger partial charge in [-0.15, -0.1) is 0 Å². The number of carbonyl (C=O) groups is 2. The highest BCUT2D eigenvalue weighted by Crippen LogP contribution is 2.35. The van der Waals surface area contributed by atoms with Gasteiger partial charge in [0.2, 0.25) is 5.84 Å². The zero-order chi connectivity index (χ0) is 21.8. The molecule has 1 fully saturated rings. The van der Waals surface area contributed by atoms with E-state index in [1.807, 2.05) is 42.5 Å². The summed E-state index contributed by atoms with van der Waals surface area (Å²) in [6.07, 6.45) is 1.63. The summed E-state index contributed by atoms with van der Waals surface area (Å²) < 4.78 is 6.59. The number of amides is 2. The van der Waals surface area contributed by atoms with Crippen molar-refractivity contribution in [2.75, 3.05) is 24.8 Å². The summed E-state index contributed by atoms with van der Waals surface area (Å²) in [6, 6.07) is 16.7. The second-order valence-corrected chi connectivity index (χ2v) is 8.78. The van der Waals surface area contributed by atoms with Crippen molar-refractivity contribution in [3.05, 3.63) is 64.6 Å². The molecule has 8 heteroatoms. The van der Waals surface area contributed by atoms with E-state index in [0.29, 0.717) is 25.4 Å². The minimum absolute atomic E-state index is 0.132. The molecule has 0 aliphatic carbocycles. The molecule has 0 spiro atoms. The number of hydrogen-bond acceptors (Lipinski definition) is 5. The Kier molecular flexibility index (Phi) is 6.38. The molecule has 4 rings (SSSR count). The third kappa shape index (κ3) is 4.65. The van der Waals surface area contributed by atoms with E-state index in [1.165, 1.54) is 10.6 Å². The normalized spacial score (nSPS) is 20.6. The molecule has 2 aromatic carbocycles. The van der Waals surface area contributed by atoms with E-state index in [-0.39, 0.29) is 23.1 Å². The van der Waals surface area contributed by atoms with Crippen LogP contribution in [0.15, 0.2) is 64.1 Å². The Morgan fingerprint density at radius 3 is 2.68 bits per heavy atom. The predicted octanol–water partition coefficient (Wildman–Crippen LogP) is 2.95. The van der Waals surface area contributed by atoms with Crippen LogP contribution < -0.4 is 15.8 Å². The number of nitrogens with one attached hydrogen (secondary N) is 2. The second-order valence-electron chi connectivity index (χ2n) is 7.86. The minimum atomic E-state index is -0.649. The largest absolute Gasteiger partial charge is 0.381 e. The third-order valence-corrected chi connectivity index (χ3v) is 6.32. The lowest BCUT2D eigenvalue weighted by Crippen LogP contribution is -2.59. The molecule has 2 aliphatic heterocycles. The van der Waals surface area contributed by atoms with Gasteiger partial charge in [0.25, 0.3) is 11.8 Å². The van der Waals surface area contributed by atoms with Gasteiger partial charge in [-0.1, -0.05) is 46.3 Å². The zero-order valence-electron chi connectivity index (χ0n) is 17.3. The van der Waals surface area contributed by atoms with Crippen LogP contribution in [0.3, 0.4) is 0 Å². The highest BCUT2D eigenvalue weighted by atomic mass is 79.9. The van der Waals surface area contributed by atoms with Crippen LogP contribution in [0.4, 0.5) is 5.69 Å². The van der Waals surface area contributed by atoms with E-state index in [9.17, 15) is 9.59 Å². The summed E-state index contributed by atoms with van der Waals surface area (Å²) >= 11 is 3.55. The summed E-state index contributed by atoms with van der Waals surface area (Å²) in [5.41, 5.74) is 4.50. The van der Waals surface area contributed by atoms with Crippen LogP contribution in [0.25, 0.3) is 0 Å². The fraction of sp³-hybridized carbons (Fsp3) is 0.348. The molecule has 2 aliphatic rings. The van der Waals surface area contributed by atoms with Crippen LogP contribution in [0, 0.1) is 0 Å². The van der Waals surface area contributed by atoms with Gasteiger partial charge >= 0.3 is 0 Å². The first-order valence-electron chi connectivity index (χ1n) is 10.3. The van der Waals surface area contributed by atoms with Gasteiger partial charge in [-0.25, -0.2) is 10.0 Å². The van der Waals surface area contributed by atoms with Crippen molar-refractivity contribution in [3.8, 4) is 0 Å². The van der Waals surface area contributed by atoms with Crippen LogP contribution in [0.2, 0.25) is 0 Å². The fourth-order valence-electron chi connectivity index (χ4n) is 3.99. The van der Waals surface area contributed by atoms with Gasteiger partial charge < -0.3 is 10.1 Å². The Balaban J connectivity index is 1.51. The van der Waals surface area contributed by atoms with Crippen LogP contribution in [0.1, 0.15) is 25.3 Å². The first kappa shape index (κ1) is 21.5. The summed E-state index contributed by atoms with van der Waals surface area (Å²) in [5, 5.41) is 4.43. The maximum absolute atomic E-state index is 13.0. The number of nitrogens with zero attached hydrogens (tertiary/aromatic N) is 2. The third-order valence-electron chi connectivity index (χ3n) is 5.82. The zero-order valence-corrected chi connectivity index (χ0v) is 18.9. The molecule has 0 aromatic heterocycles. The number of hydrazine groups is 1. The lowest BCUT2D eigenvalue weighted by Gasteiger charge is -2.38. The smallest absolute Gasteiger partial charge is 0.288 e. The Morgan fingerprint density at radius 2 is 1.97 bits per heavy atom. The molecule has 2 heterocycles. The Labute approximate surface area is 190 Å². The van der Waals surface area contributed by atoms with E-state index < -0.39 is 6.04 Å². The fourth-order valence-corrected chi connectivity index (χ4v) is 4.38. The van der Waals surface area contributed by atoms with Crippen molar-refractivity contribution in [2.24, 2.45) is 4.99 Å². The van der Waals surface area contributed by atoms with E-state index in [4.69, 9.17) is 4.74 Å². The van der Waals surface area contributed by atoms with Crippen molar-refractivity contribution in [3.63, 3.8) is 0 Å². The molecular weight excluding hydrogens is 460 g/mol. The maximum Gasteiger partial charge on any atom is 0.288 e. The summed E-state index contributed by atoms with van der Waals surface area (Å²) in [4.78, 5) is 29.9. The SMILES string of the molecule is CC1N=C(C(=O)NCC2(c3cccc(Br)c3)CCOCC2)NN(c2ccccc2)C1=O. The van der Waals surface area contributed by atoms with Crippen molar-refractivity contribution >= 4 is 39.3 Å². The molecule has 162 valence electrons. The lowest BCUT2D eigenvalue weighted by molar-refractivity contribution is -0.120. The summed E-state index contributed by atoms with van der Waals surface area (Å²) in [5.74, 6) is -0.411. The average Bonchev–Trinajstić information content (AvgIpc) is 2.80. The van der Waals surface area contributed by atoms with Crippen molar-refractivity contribution in [1.82, 2.24) is 10.7 Å². The number of halogens is 1. The Morgan fingerprint density at radius 1 is 1.23 bits per heavy atom. The van der Waals surface area contributed by atoms with Crippen LogP contribution in [-0.2, 0) is 19.7 Å². The number of amidine groups is 1. The second kappa shape index (κ2) is 9.20. The van der Waals surface area contributed by atoms with E-state index >= 15 is 0 Å². The number of para-hydroxylation sites is 1. The molecule has 1 unspecified atom stereocenters. The highest BCUT2D eigenvalue weighted by molar-refractivity contribution is 9.10. The molecule has 2 aromatic rings. The first-order chi connectivity index (χ1) is 15.0. The molecule has 2 amide bonds.